The fourth-order valence-corrected chi connectivity index (χ4v) is 3.38. The van der Waals surface area contributed by atoms with Crippen molar-refractivity contribution in [1.29, 1.82) is 0 Å². The normalized spacial score (nSPS) is 20.0. The first-order chi connectivity index (χ1) is 13.2. The first kappa shape index (κ1) is 19.6. The van der Waals surface area contributed by atoms with Gasteiger partial charge < -0.3 is 25.8 Å². The Kier molecular flexibility index (Phi) is 7.03. The molecule has 0 radical (unpaired) electrons. The summed E-state index contributed by atoms with van der Waals surface area (Å²) in [6, 6.07) is 0.00317. The molecule has 1 amide bonds. The predicted molar refractivity (Wildman–Crippen MR) is 107 cm³/mol. The van der Waals surface area contributed by atoms with Crippen molar-refractivity contribution >= 4 is 23.8 Å². The lowest BCUT2D eigenvalue weighted by molar-refractivity contribution is -0.133. The van der Waals surface area contributed by atoms with Crippen molar-refractivity contribution in [3.8, 4) is 0 Å². The summed E-state index contributed by atoms with van der Waals surface area (Å²) in [7, 11) is 0. The Morgan fingerprint density at radius 3 is 2.19 bits per heavy atom. The van der Waals surface area contributed by atoms with E-state index >= 15 is 0 Å². The van der Waals surface area contributed by atoms with E-state index in [1.54, 1.807) is 0 Å². The molecule has 3 rings (SSSR count). The van der Waals surface area contributed by atoms with E-state index in [-0.39, 0.29) is 11.9 Å². The zero-order chi connectivity index (χ0) is 19.1. The van der Waals surface area contributed by atoms with Gasteiger partial charge in [-0.15, -0.1) is 0 Å². The molecule has 2 fully saturated rings. The summed E-state index contributed by atoms with van der Waals surface area (Å²) >= 11 is 0. The summed E-state index contributed by atoms with van der Waals surface area (Å²) in [4.78, 5) is 30.3. The maximum atomic E-state index is 12.6. The second-order valence-electron chi connectivity index (χ2n) is 7.10. The molecule has 3 heterocycles. The maximum absolute atomic E-state index is 12.6. The number of nitrogens with one attached hydrogen (secondary N) is 3. The van der Waals surface area contributed by atoms with Crippen LogP contribution in [0.25, 0.3) is 0 Å². The van der Waals surface area contributed by atoms with Crippen LogP contribution >= 0.6 is 0 Å². The van der Waals surface area contributed by atoms with E-state index in [9.17, 15) is 4.79 Å². The minimum Gasteiger partial charge on any atom is -0.354 e. The molecule has 0 saturated carbocycles. The number of nitrogens with zero attached hydrogens (tertiary/aromatic N) is 5. The van der Waals surface area contributed by atoms with Crippen molar-refractivity contribution in [3.05, 3.63) is 0 Å². The van der Waals surface area contributed by atoms with Gasteiger partial charge in [-0.2, -0.15) is 15.0 Å². The summed E-state index contributed by atoms with van der Waals surface area (Å²) in [6.45, 7) is 9.71. The van der Waals surface area contributed by atoms with Crippen LogP contribution in [0.4, 0.5) is 17.8 Å². The van der Waals surface area contributed by atoms with Crippen molar-refractivity contribution in [1.82, 2.24) is 25.2 Å². The third-order valence-corrected chi connectivity index (χ3v) is 4.92. The van der Waals surface area contributed by atoms with Crippen LogP contribution in [0.15, 0.2) is 0 Å². The van der Waals surface area contributed by atoms with Crippen LogP contribution in [-0.2, 0) is 4.79 Å². The zero-order valence-corrected chi connectivity index (χ0v) is 16.5. The van der Waals surface area contributed by atoms with Crippen LogP contribution in [-0.4, -0.2) is 77.6 Å². The molecule has 0 aromatic carbocycles. The molecule has 2 aliphatic rings. The number of rotatable bonds is 8. The van der Waals surface area contributed by atoms with Crippen molar-refractivity contribution in [3.63, 3.8) is 0 Å². The van der Waals surface area contributed by atoms with Crippen molar-refractivity contribution in [2.75, 3.05) is 61.3 Å². The van der Waals surface area contributed by atoms with Gasteiger partial charge in [0.25, 0.3) is 0 Å². The average molecular weight is 377 g/mol. The number of piperazine rings is 1. The Bertz CT molecular complexity index is 585. The van der Waals surface area contributed by atoms with Crippen molar-refractivity contribution in [2.45, 2.75) is 45.6 Å². The van der Waals surface area contributed by atoms with Gasteiger partial charge in [-0.1, -0.05) is 13.8 Å². The van der Waals surface area contributed by atoms with Crippen LogP contribution in [0.3, 0.4) is 0 Å². The maximum Gasteiger partial charge on any atom is 0.239 e. The van der Waals surface area contributed by atoms with E-state index in [1.807, 2.05) is 4.90 Å². The number of anilines is 3. The molecule has 1 unspecified atom stereocenters. The summed E-state index contributed by atoms with van der Waals surface area (Å²) in [5.41, 5.74) is 0. The van der Waals surface area contributed by atoms with Gasteiger partial charge in [0.15, 0.2) is 0 Å². The van der Waals surface area contributed by atoms with Crippen LogP contribution in [0.1, 0.15) is 39.5 Å². The van der Waals surface area contributed by atoms with Crippen molar-refractivity contribution in [2.24, 2.45) is 0 Å². The van der Waals surface area contributed by atoms with Gasteiger partial charge in [0.1, 0.15) is 0 Å². The second kappa shape index (κ2) is 9.68. The highest BCUT2D eigenvalue weighted by molar-refractivity contribution is 5.82. The molecular formula is C18H32N8O. The fourth-order valence-electron chi connectivity index (χ4n) is 3.38. The Labute approximate surface area is 161 Å². The Balaban J connectivity index is 1.63. The summed E-state index contributed by atoms with van der Waals surface area (Å²) in [5, 5.41) is 9.80. The number of hydrogen-bond acceptors (Lipinski definition) is 8. The van der Waals surface area contributed by atoms with Gasteiger partial charge in [-0.05, 0) is 32.2 Å². The predicted octanol–water partition coefficient (Wildman–Crippen LogP) is 0.916. The van der Waals surface area contributed by atoms with Crippen LogP contribution in [0.5, 0.6) is 0 Å². The molecule has 27 heavy (non-hydrogen) atoms. The Hall–Kier alpha value is -2.16. The molecular weight excluding hydrogens is 344 g/mol. The lowest BCUT2D eigenvalue weighted by atomic mass is 10.2. The van der Waals surface area contributed by atoms with E-state index in [2.05, 4.69) is 49.6 Å². The molecule has 3 N–H and O–H groups in total. The Morgan fingerprint density at radius 1 is 1.04 bits per heavy atom. The van der Waals surface area contributed by atoms with Crippen LogP contribution in [0.2, 0.25) is 0 Å². The van der Waals surface area contributed by atoms with E-state index in [4.69, 9.17) is 0 Å². The standard InChI is InChI=1S/C18H32N8O/c1-3-7-20-16-22-17(21-8-4-2)24-18(23-16)26-12-10-25(11-13-26)15(27)14-6-5-9-19-14/h14,19H,3-13H2,1-2H3,(H2,20,21,22,23,24). The largest absolute Gasteiger partial charge is 0.354 e. The lowest BCUT2D eigenvalue weighted by Crippen LogP contribution is -2.53. The second-order valence-corrected chi connectivity index (χ2v) is 7.10. The SMILES string of the molecule is CCCNc1nc(NCCC)nc(N2CCN(C(=O)C3CCCN3)CC2)n1. The number of hydrogen-bond donors (Lipinski definition) is 3. The molecule has 0 bridgehead atoms. The minimum atomic E-state index is 0.00317. The van der Waals surface area contributed by atoms with Crippen LogP contribution < -0.4 is 20.9 Å². The van der Waals surface area contributed by atoms with Gasteiger partial charge in [0.05, 0.1) is 6.04 Å². The molecule has 9 nitrogen and oxygen atoms in total. The first-order valence-electron chi connectivity index (χ1n) is 10.2. The number of amides is 1. The van der Waals surface area contributed by atoms with E-state index in [1.165, 1.54) is 0 Å². The molecule has 2 saturated heterocycles. The average Bonchev–Trinajstić information content (AvgIpc) is 3.25. The van der Waals surface area contributed by atoms with Gasteiger partial charge in [-0.25, -0.2) is 0 Å². The summed E-state index contributed by atoms with van der Waals surface area (Å²) < 4.78 is 0. The topological polar surface area (TPSA) is 98.3 Å². The molecule has 2 aliphatic heterocycles. The highest BCUT2D eigenvalue weighted by Gasteiger charge is 2.30. The molecule has 0 spiro atoms. The van der Waals surface area contributed by atoms with E-state index in [0.29, 0.717) is 30.9 Å². The lowest BCUT2D eigenvalue weighted by Gasteiger charge is -2.36. The molecule has 0 aliphatic carbocycles. The van der Waals surface area contributed by atoms with Gasteiger partial charge >= 0.3 is 0 Å². The number of aromatic nitrogens is 3. The van der Waals surface area contributed by atoms with E-state index in [0.717, 1.165) is 58.4 Å². The highest BCUT2D eigenvalue weighted by atomic mass is 16.2. The number of carbonyl (C=O) groups is 1. The van der Waals surface area contributed by atoms with Crippen LogP contribution in [0, 0.1) is 0 Å². The molecule has 9 heteroatoms. The smallest absolute Gasteiger partial charge is 0.239 e. The highest BCUT2D eigenvalue weighted by Crippen LogP contribution is 2.17. The Morgan fingerprint density at radius 2 is 1.67 bits per heavy atom. The quantitative estimate of drug-likeness (QED) is 0.616. The van der Waals surface area contributed by atoms with Crippen molar-refractivity contribution < 1.29 is 4.79 Å². The third-order valence-electron chi connectivity index (χ3n) is 4.92. The van der Waals surface area contributed by atoms with Gasteiger partial charge in [0.2, 0.25) is 23.8 Å². The van der Waals surface area contributed by atoms with Gasteiger partial charge in [-0.3, -0.25) is 4.79 Å². The molecule has 1 atom stereocenters. The molecule has 150 valence electrons. The third kappa shape index (κ3) is 5.18. The zero-order valence-electron chi connectivity index (χ0n) is 16.5. The fraction of sp³-hybridized carbons (Fsp3) is 0.778. The monoisotopic (exact) mass is 376 g/mol. The summed E-state index contributed by atoms with van der Waals surface area (Å²) in [5.74, 6) is 2.12. The minimum absolute atomic E-state index is 0.00317. The molecule has 1 aromatic heterocycles. The molecule has 1 aromatic rings. The van der Waals surface area contributed by atoms with Gasteiger partial charge in [0, 0.05) is 39.3 Å². The van der Waals surface area contributed by atoms with E-state index < -0.39 is 0 Å². The summed E-state index contributed by atoms with van der Waals surface area (Å²) in [6.07, 6.45) is 4.05. The first-order valence-corrected chi connectivity index (χ1v) is 10.2. The number of carbonyl (C=O) groups excluding carboxylic acids is 1.